The Morgan fingerprint density at radius 2 is 1.50 bits per heavy atom. The van der Waals surface area contributed by atoms with Crippen molar-refractivity contribution < 1.29 is 0 Å². The van der Waals surface area contributed by atoms with Gasteiger partial charge in [0.15, 0.2) is 0 Å². The van der Waals surface area contributed by atoms with E-state index in [1.807, 2.05) is 0 Å². The van der Waals surface area contributed by atoms with Crippen LogP contribution in [0.1, 0.15) is 60.3 Å². The van der Waals surface area contributed by atoms with Crippen molar-refractivity contribution in [1.82, 2.24) is 10.2 Å². The second kappa shape index (κ2) is 5.92. The highest BCUT2D eigenvalue weighted by atomic mass is 15.3. The highest BCUT2D eigenvalue weighted by Gasteiger charge is 2.56. The first-order chi connectivity index (χ1) is 8.35. The van der Waals surface area contributed by atoms with E-state index >= 15 is 0 Å². The third-order valence-electron chi connectivity index (χ3n) is 5.44. The Balaban J connectivity index is 3.30. The maximum Gasteiger partial charge on any atom is 0.0770 e. The second-order valence-electron chi connectivity index (χ2n) is 6.84. The van der Waals surface area contributed by atoms with E-state index in [4.69, 9.17) is 0 Å². The van der Waals surface area contributed by atoms with Crippen molar-refractivity contribution >= 4 is 0 Å². The second-order valence-corrected chi connectivity index (χ2v) is 6.84. The van der Waals surface area contributed by atoms with Crippen LogP contribution < -0.4 is 5.32 Å². The van der Waals surface area contributed by atoms with Crippen molar-refractivity contribution in [3.05, 3.63) is 0 Å². The fourth-order valence-corrected chi connectivity index (χ4v) is 4.78. The molecule has 1 fully saturated rings. The van der Waals surface area contributed by atoms with Crippen molar-refractivity contribution in [3.63, 3.8) is 0 Å². The van der Waals surface area contributed by atoms with Crippen molar-refractivity contribution in [2.24, 2.45) is 17.3 Å². The van der Waals surface area contributed by atoms with Gasteiger partial charge in [-0.2, -0.15) is 0 Å². The first-order valence-corrected chi connectivity index (χ1v) is 7.77. The predicted molar refractivity (Wildman–Crippen MR) is 80.7 cm³/mol. The molecule has 0 aromatic carbocycles. The summed E-state index contributed by atoms with van der Waals surface area (Å²) in [7, 11) is 4.51. The average molecular weight is 254 g/mol. The maximum atomic E-state index is 3.88. The fraction of sp³-hybridized carbons (Fsp3) is 1.00. The van der Waals surface area contributed by atoms with Crippen LogP contribution in [0.4, 0.5) is 0 Å². The molecule has 0 spiro atoms. The molecule has 2 nitrogen and oxygen atoms in total. The van der Waals surface area contributed by atoms with Crippen molar-refractivity contribution in [3.8, 4) is 0 Å². The van der Waals surface area contributed by atoms with Gasteiger partial charge in [0.1, 0.15) is 0 Å². The Labute approximate surface area is 115 Å². The van der Waals surface area contributed by atoms with E-state index in [0.29, 0.717) is 17.3 Å². The van der Waals surface area contributed by atoms with E-state index in [1.54, 1.807) is 0 Å². The molecule has 1 rings (SSSR count). The SMILES string of the molecule is CCNC1(N(C)C)CCCCC1(C(C)C)C(C)C. The van der Waals surface area contributed by atoms with Crippen LogP contribution in [0.5, 0.6) is 0 Å². The quantitative estimate of drug-likeness (QED) is 0.752. The Bertz CT molecular complexity index is 246. The van der Waals surface area contributed by atoms with Gasteiger partial charge in [0.2, 0.25) is 0 Å². The lowest BCUT2D eigenvalue weighted by Crippen LogP contribution is -2.70. The van der Waals surface area contributed by atoms with Crippen LogP contribution in [0.3, 0.4) is 0 Å². The largest absolute Gasteiger partial charge is 0.299 e. The molecule has 0 bridgehead atoms. The molecule has 0 aliphatic heterocycles. The topological polar surface area (TPSA) is 15.3 Å². The zero-order valence-electron chi connectivity index (χ0n) is 13.6. The van der Waals surface area contributed by atoms with E-state index in [9.17, 15) is 0 Å². The van der Waals surface area contributed by atoms with Crippen LogP contribution in [0, 0.1) is 17.3 Å². The molecule has 0 aromatic rings. The first kappa shape index (κ1) is 16.0. The van der Waals surface area contributed by atoms with Gasteiger partial charge >= 0.3 is 0 Å². The number of hydrogen-bond acceptors (Lipinski definition) is 2. The summed E-state index contributed by atoms with van der Waals surface area (Å²) in [5.74, 6) is 1.42. The summed E-state index contributed by atoms with van der Waals surface area (Å²) in [5, 5.41) is 3.88. The highest BCUT2D eigenvalue weighted by molar-refractivity contribution is 5.07. The summed E-state index contributed by atoms with van der Waals surface area (Å²) in [5.41, 5.74) is 0.549. The Morgan fingerprint density at radius 3 is 1.89 bits per heavy atom. The lowest BCUT2D eigenvalue weighted by Gasteiger charge is -2.62. The zero-order valence-corrected chi connectivity index (χ0v) is 13.6. The summed E-state index contributed by atoms with van der Waals surface area (Å²) in [6, 6.07) is 0. The molecule has 2 heteroatoms. The molecule has 1 aliphatic carbocycles. The van der Waals surface area contributed by atoms with E-state index in [1.165, 1.54) is 25.7 Å². The van der Waals surface area contributed by atoms with Crippen molar-refractivity contribution in [1.29, 1.82) is 0 Å². The Morgan fingerprint density at radius 1 is 1.00 bits per heavy atom. The first-order valence-electron chi connectivity index (χ1n) is 7.77. The normalized spacial score (nSPS) is 28.3. The third kappa shape index (κ3) is 2.22. The number of nitrogens with zero attached hydrogens (tertiary/aromatic N) is 1. The summed E-state index contributed by atoms with van der Waals surface area (Å²) in [6.45, 7) is 13.0. The van der Waals surface area contributed by atoms with Gasteiger partial charge in [0, 0.05) is 5.41 Å². The van der Waals surface area contributed by atoms with E-state index in [0.717, 1.165) is 6.54 Å². The standard InChI is InChI=1S/C16H34N2/c1-8-17-16(18(6)7)12-10-9-11-15(16,13(2)3)14(4)5/h13-14,17H,8-12H2,1-7H3. The van der Waals surface area contributed by atoms with Gasteiger partial charge in [-0.05, 0) is 45.3 Å². The Hall–Kier alpha value is -0.0800. The minimum Gasteiger partial charge on any atom is -0.299 e. The molecule has 1 atom stereocenters. The van der Waals surface area contributed by atoms with Gasteiger partial charge < -0.3 is 0 Å². The molecule has 1 N–H and O–H groups in total. The summed E-state index contributed by atoms with van der Waals surface area (Å²) >= 11 is 0. The van der Waals surface area contributed by atoms with Gasteiger partial charge in [-0.1, -0.05) is 47.5 Å². The van der Waals surface area contributed by atoms with Gasteiger partial charge in [0.25, 0.3) is 0 Å². The molecule has 0 saturated heterocycles. The van der Waals surface area contributed by atoms with Crippen molar-refractivity contribution in [2.75, 3.05) is 20.6 Å². The summed E-state index contributed by atoms with van der Waals surface area (Å²) in [4.78, 5) is 2.47. The molecule has 1 unspecified atom stereocenters. The van der Waals surface area contributed by atoms with Crippen LogP contribution >= 0.6 is 0 Å². The minimum absolute atomic E-state index is 0.169. The van der Waals surface area contributed by atoms with Gasteiger partial charge in [-0.15, -0.1) is 0 Å². The van der Waals surface area contributed by atoms with Gasteiger partial charge in [0.05, 0.1) is 5.66 Å². The van der Waals surface area contributed by atoms with Crippen LogP contribution in [0.25, 0.3) is 0 Å². The van der Waals surface area contributed by atoms with Crippen LogP contribution in [-0.4, -0.2) is 31.2 Å². The molecular formula is C16H34N2. The average Bonchev–Trinajstić information content (AvgIpc) is 2.28. The molecule has 0 heterocycles. The minimum atomic E-state index is 0.169. The highest BCUT2D eigenvalue weighted by Crippen LogP contribution is 2.54. The van der Waals surface area contributed by atoms with Crippen molar-refractivity contribution in [2.45, 2.75) is 66.0 Å². The molecule has 0 aromatic heterocycles. The number of hydrogen-bond donors (Lipinski definition) is 1. The molecule has 18 heavy (non-hydrogen) atoms. The smallest absolute Gasteiger partial charge is 0.0770 e. The third-order valence-corrected chi connectivity index (χ3v) is 5.44. The fourth-order valence-electron chi connectivity index (χ4n) is 4.78. The zero-order chi connectivity index (χ0) is 14.0. The molecule has 1 saturated carbocycles. The lowest BCUT2D eigenvalue weighted by atomic mass is 9.54. The molecule has 108 valence electrons. The molecule has 0 radical (unpaired) electrons. The molecule has 1 aliphatic rings. The van der Waals surface area contributed by atoms with E-state index < -0.39 is 0 Å². The number of rotatable bonds is 5. The Kier molecular flexibility index (Phi) is 5.25. The lowest BCUT2D eigenvalue weighted by molar-refractivity contribution is -0.125. The molecule has 0 amide bonds. The monoisotopic (exact) mass is 254 g/mol. The van der Waals surface area contributed by atoms with Gasteiger partial charge in [-0.3, -0.25) is 10.2 Å². The van der Waals surface area contributed by atoms with Gasteiger partial charge in [-0.25, -0.2) is 0 Å². The maximum absolute atomic E-state index is 3.88. The summed E-state index contributed by atoms with van der Waals surface area (Å²) in [6.07, 6.45) is 5.38. The van der Waals surface area contributed by atoms with Crippen LogP contribution in [0.15, 0.2) is 0 Å². The van der Waals surface area contributed by atoms with E-state index in [-0.39, 0.29) is 5.66 Å². The summed E-state index contributed by atoms with van der Waals surface area (Å²) < 4.78 is 0. The predicted octanol–water partition coefficient (Wildman–Crippen LogP) is 3.73. The van der Waals surface area contributed by atoms with E-state index in [2.05, 4.69) is 58.9 Å². The van der Waals surface area contributed by atoms with Crippen LogP contribution in [-0.2, 0) is 0 Å². The number of nitrogens with one attached hydrogen (secondary N) is 1. The van der Waals surface area contributed by atoms with Crippen LogP contribution in [0.2, 0.25) is 0 Å². The molecular weight excluding hydrogens is 220 g/mol.